The van der Waals surface area contributed by atoms with E-state index in [1.807, 2.05) is 24.3 Å². The van der Waals surface area contributed by atoms with E-state index in [1.54, 1.807) is 0 Å². The fourth-order valence-corrected chi connectivity index (χ4v) is 1.81. The summed E-state index contributed by atoms with van der Waals surface area (Å²) >= 11 is 5.90. The molecule has 0 bridgehead atoms. The smallest absolute Gasteiger partial charge is 0.137 e. The van der Waals surface area contributed by atoms with Crippen molar-refractivity contribution in [1.29, 1.82) is 0 Å². The van der Waals surface area contributed by atoms with Gasteiger partial charge in [-0.15, -0.1) is 0 Å². The van der Waals surface area contributed by atoms with Gasteiger partial charge in [-0.3, -0.25) is 4.79 Å². The van der Waals surface area contributed by atoms with Gasteiger partial charge in [0.1, 0.15) is 5.78 Å². The van der Waals surface area contributed by atoms with Crippen LogP contribution in [0.2, 0.25) is 5.02 Å². The van der Waals surface area contributed by atoms with Gasteiger partial charge in [0.2, 0.25) is 0 Å². The summed E-state index contributed by atoms with van der Waals surface area (Å²) in [6.07, 6.45) is 1.12. The van der Waals surface area contributed by atoms with E-state index in [2.05, 4.69) is 27.7 Å². The molecule has 1 rings (SSSR count). The molecule has 0 aromatic heterocycles. The second kappa shape index (κ2) is 5.68. The van der Waals surface area contributed by atoms with Crippen molar-refractivity contribution in [2.75, 3.05) is 0 Å². The monoisotopic (exact) mass is 252 g/mol. The lowest BCUT2D eigenvalue weighted by molar-refractivity contribution is -0.120. The van der Waals surface area contributed by atoms with E-state index < -0.39 is 0 Å². The average Bonchev–Trinajstić information content (AvgIpc) is 2.15. The first-order valence-electron chi connectivity index (χ1n) is 6.05. The maximum atomic E-state index is 11.9. The zero-order chi connectivity index (χ0) is 13.1. The van der Waals surface area contributed by atoms with Crippen LogP contribution in [0.1, 0.15) is 39.7 Å². The highest BCUT2D eigenvalue weighted by Crippen LogP contribution is 2.28. The quantitative estimate of drug-likeness (QED) is 0.770. The van der Waals surface area contributed by atoms with Crippen molar-refractivity contribution in [1.82, 2.24) is 0 Å². The highest BCUT2D eigenvalue weighted by molar-refractivity contribution is 6.30. The molecule has 1 unspecified atom stereocenters. The molecule has 0 aliphatic carbocycles. The predicted molar refractivity (Wildman–Crippen MR) is 73.4 cm³/mol. The van der Waals surface area contributed by atoms with E-state index in [4.69, 9.17) is 11.6 Å². The van der Waals surface area contributed by atoms with Crippen LogP contribution in [0.25, 0.3) is 0 Å². The zero-order valence-electron chi connectivity index (χ0n) is 11.1. The summed E-state index contributed by atoms with van der Waals surface area (Å²) in [5, 5.41) is 0.694. The number of Topliss-reactive ketones (excluding diaryl/α,β-unsaturated/α-hetero) is 1. The standard InChI is InChI=1S/C15H21ClO/c1-11(15(2,3)4)8-14(17)10-12-6-5-7-13(16)9-12/h5-7,9,11H,8,10H2,1-4H3. The van der Waals surface area contributed by atoms with E-state index in [0.29, 0.717) is 23.8 Å². The van der Waals surface area contributed by atoms with Crippen LogP contribution >= 0.6 is 11.6 Å². The zero-order valence-corrected chi connectivity index (χ0v) is 11.8. The molecule has 1 nitrogen and oxygen atoms in total. The molecule has 0 amide bonds. The number of carbonyl (C=O) groups is 1. The highest BCUT2D eigenvalue weighted by Gasteiger charge is 2.22. The summed E-state index contributed by atoms with van der Waals surface area (Å²) in [6, 6.07) is 7.53. The Bertz CT molecular complexity index is 390. The van der Waals surface area contributed by atoms with Crippen LogP contribution < -0.4 is 0 Å². The summed E-state index contributed by atoms with van der Waals surface area (Å²) < 4.78 is 0. The molecule has 0 saturated heterocycles. The minimum Gasteiger partial charge on any atom is -0.299 e. The van der Waals surface area contributed by atoms with Crippen molar-refractivity contribution in [3.8, 4) is 0 Å². The van der Waals surface area contributed by atoms with E-state index in [1.165, 1.54) is 0 Å². The molecular weight excluding hydrogens is 232 g/mol. The van der Waals surface area contributed by atoms with Gasteiger partial charge < -0.3 is 0 Å². The molecule has 94 valence electrons. The highest BCUT2D eigenvalue weighted by atomic mass is 35.5. The van der Waals surface area contributed by atoms with Gasteiger partial charge in [-0.05, 0) is 29.0 Å². The maximum absolute atomic E-state index is 11.9. The van der Waals surface area contributed by atoms with Crippen molar-refractivity contribution in [3.05, 3.63) is 34.9 Å². The van der Waals surface area contributed by atoms with Crippen LogP contribution in [0.15, 0.2) is 24.3 Å². The minimum atomic E-state index is 0.185. The summed E-state index contributed by atoms with van der Waals surface area (Å²) in [6.45, 7) is 8.65. The third-order valence-electron chi connectivity index (χ3n) is 3.30. The molecule has 0 aliphatic rings. The Morgan fingerprint density at radius 2 is 2.00 bits per heavy atom. The number of ketones is 1. The molecule has 1 atom stereocenters. The Morgan fingerprint density at radius 3 is 2.53 bits per heavy atom. The number of carbonyl (C=O) groups excluding carboxylic acids is 1. The molecule has 17 heavy (non-hydrogen) atoms. The third-order valence-corrected chi connectivity index (χ3v) is 3.54. The average molecular weight is 253 g/mol. The molecule has 0 saturated carbocycles. The third kappa shape index (κ3) is 4.91. The van der Waals surface area contributed by atoms with E-state index in [9.17, 15) is 4.79 Å². The molecule has 0 N–H and O–H groups in total. The van der Waals surface area contributed by atoms with Gasteiger partial charge in [0.05, 0.1) is 0 Å². The first-order valence-corrected chi connectivity index (χ1v) is 6.43. The SMILES string of the molecule is CC(CC(=O)Cc1cccc(Cl)c1)C(C)(C)C. The van der Waals surface area contributed by atoms with Crippen LogP contribution in [0.4, 0.5) is 0 Å². The number of halogens is 1. The second-order valence-electron chi connectivity index (χ2n) is 5.82. The summed E-state index contributed by atoms with van der Waals surface area (Å²) in [5.74, 6) is 0.684. The van der Waals surface area contributed by atoms with Crippen molar-refractivity contribution in [2.45, 2.75) is 40.5 Å². The Labute approximate surface area is 109 Å². The van der Waals surface area contributed by atoms with E-state index in [-0.39, 0.29) is 11.2 Å². The molecule has 0 radical (unpaired) electrons. The first kappa shape index (κ1) is 14.2. The Kier molecular flexibility index (Phi) is 4.76. The van der Waals surface area contributed by atoms with Crippen molar-refractivity contribution < 1.29 is 4.79 Å². The van der Waals surface area contributed by atoms with E-state index in [0.717, 1.165) is 5.56 Å². The second-order valence-corrected chi connectivity index (χ2v) is 6.25. The van der Waals surface area contributed by atoms with Gasteiger partial charge >= 0.3 is 0 Å². The minimum absolute atomic E-state index is 0.185. The van der Waals surface area contributed by atoms with E-state index >= 15 is 0 Å². The molecular formula is C15H21ClO. The molecule has 0 heterocycles. The Balaban J connectivity index is 2.56. The summed E-state index contributed by atoms with van der Waals surface area (Å²) in [4.78, 5) is 11.9. The van der Waals surface area contributed by atoms with Gasteiger partial charge in [0.25, 0.3) is 0 Å². The Morgan fingerprint density at radius 1 is 1.35 bits per heavy atom. The summed E-state index contributed by atoms with van der Waals surface area (Å²) in [7, 11) is 0. The van der Waals surface area contributed by atoms with Gasteiger partial charge in [-0.25, -0.2) is 0 Å². The molecule has 2 heteroatoms. The topological polar surface area (TPSA) is 17.1 Å². The number of benzene rings is 1. The van der Waals surface area contributed by atoms with Crippen LogP contribution in [0.3, 0.4) is 0 Å². The lowest BCUT2D eigenvalue weighted by Gasteiger charge is -2.26. The lowest BCUT2D eigenvalue weighted by Crippen LogP contribution is -2.21. The molecule has 0 aliphatic heterocycles. The van der Waals surface area contributed by atoms with Crippen molar-refractivity contribution in [2.24, 2.45) is 11.3 Å². The number of hydrogen-bond acceptors (Lipinski definition) is 1. The lowest BCUT2D eigenvalue weighted by atomic mass is 9.79. The largest absolute Gasteiger partial charge is 0.299 e. The fraction of sp³-hybridized carbons (Fsp3) is 0.533. The van der Waals surface area contributed by atoms with Gasteiger partial charge in [0, 0.05) is 17.9 Å². The predicted octanol–water partition coefficient (Wildman–Crippen LogP) is 4.52. The van der Waals surface area contributed by atoms with Gasteiger partial charge in [-0.1, -0.05) is 51.4 Å². The number of rotatable bonds is 4. The van der Waals surface area contributed by atoms with Gasteiger partial charge in [-0.2, -0.15) is 0 Å². The summed E-state index contributed by atoms with van der Waals surface area (Å²) in [5.41, 5.74) is 1.19. The molecule has 1 aromatic rings. The Hall–Kier alpha value is -0.820. The van der Waals surface area contributed by atoms with Crippen LogP contribution in [-0.2, 0) is 11.2 Å². The van der Waals surface area contributed by atoms with Gasteiger partial charge in [0.15, 0.2) is 0 Å². The van der Waals surface area contributed by atoms with Crippen molar-refractivity contribution in [3.63, 3.8) is 0 Å². The fourth-order valence-electron chi connectivity index (χ4n) is 1.59. The van der Waals surface area contributed by atoms with Crippen LogP contribution in [-0.4, -0.2) is 5.78 Å². The van der Waals surface area contributed by atoms with Crippen LogP contribution in [0, 0.1) is 11.3 Å². The molecule has 0 spiro atoms. The van der Waals surface area contributed by atoms with Crippen molar-refractivity contribution >= 4 is 17.4 Å². The number of hydrogen-bond donors (Lipinski definition) is 0. The van der Waals surface area contributed by atoms with Crippen LogP contribution in [0.5, 0.6) is 0 Å². The maximum Gasteiger partial charge on any atom is 0.137 e. The first-order chi connectivity index (χ1) is 7.79. The normalized spacial score (nSPS) is 13.5. The molecule has 1 aromatic carbocycles. The molecule has 0 fully saturated rings.